The van der Waals surface area contributed by atoms with Crippen molar-refractivity contribution in [3.8, 4) is 0 Å². The number of para-hydroxylation sites is 2. The Morgan fingerprint density at radius 2 is 2.17 bits per heavy atom. The molecule has 0 spiro atoms. The van der Waals surface area contributed by atoms with E-state index in [4.69, 9.17) is 0 Å². The lowest BCUT2D eigenvalue weighted by atomic mass is 10.2. The Hall–Kier alpha value is -2.63. The highest BCUT2D eigenvalue weighted by molar-refractivity contribution is 5.81. The van der Waals surface area contributed by atoms with Crippen LogP contribution in [0, 0.1) is 6.92 Å². The number of aromatic nitrogens is 4. The largest absolute Gasteiger partial charge is 0.336 e. The standard InChI is InChI=1S/C18H21N5O/c1-14-20-16-7-2-3-8-17(16)23(14)13-18(24)22-11-4-6-15(22)12-21-10-5-9-19-21/h2-3,5,7-10,15H,4,6,11-13H2,1H3. The number of aryl methyl sites for hydroxylation is 1. The zero-order chi connectivity index (χ0) is 16.5. The quantitative estimate of drug-likeness (QED) is 0.740. The molecule has 2 aromatic heterocycles. The molecule has 0 radical (unpaired) electrons. The van der Waals surface area contributed by atoms with Gasteiger partial charge in [0.05, 0.1) is 23.6 Å². The van der Waals surface area contributed by atoms with Crippen molar-refractivity contribution in [2.75, 3.05) is 6.54 Å². The molecule has 6 nitrogen and oxygen atoms in total. The van der Waals surface area contributed by atoms with Crippen molar-refractivity contribution in [3.63, 3.8) is 0 Å². The fourth-order valence-corrected chi connectivity index (χ4v) is 3.60. The van der Waals surface area contributed by atoms with Gasteiger partial charge in [-0.1, -0.05) is 12.1 Å². The molecule has 0 bridgehead atoms. The van der Waals surface area contributed by atoms with Crippen LogP contribution in [-0.2, 0) is 17.9 Å². The van der Waals surface area contributed by atoms with Crippen molar-refractivity contribution in [1.29, 1.82) is 0 Å². The maximum atomic E-state index is 12.9. The first-order chi connectivity index (χ1) is 11.7. The Morgan fingerprint density at radius 3 is 3.00 bits per heavy atom. The highest BCUT2D eigenvalue weighted by atomic mass is 16.2. The second-order valence-corrected chi connectivity index (χ2v) is 6.35. The summed E-state index contributed by atoms with van der Waals surface area (Å²) in [7, 11) is 0. The van der Waals surface area contributed by atoms with Crippen LogP contribution in [0.25, 0.3) is 11.0 Å². The van der Waals surface area contributed by atoms with Gasteiger partial charge in [-0.05, 0) is 38.0 Å². The summed E-state index contributed by atoms with van der Waals surface area (Å²) in [6.07, 6.45) is 5.83. The number of imidazole rings is 1. The number of hydrogen-bond acceptors (Lipinski definition) is 3. The van der Waals surface area contributed by atoms with Crippen molar-refractivity contribution in [2.45, 2.75) is 38.9 Å². The average molecular weight is 323 g/mol. The van der Waals surface area contributed by atoms with E-state index in [9.17, 15) is 4.79 Å². The van der Waals surface area contributed by atoms with Crippen LogP contribution in [0.4, 0.5) is 0 Å². The van der Waals surface area contributed by atoms with E-state index in [0.29, 0.717) is 6.54 Å². The van der Waals surface area contributed by atoms with E-state index in [1.165, 1.54) is 0 Å². The first-order valence-electron chi connectivity index (χ1n) is 8.41. The molecule has 1 aromatic carbocycles. The normalized spacial score (nSPS) is 17.7. The van der Waals surface area contributed by atoms with E-state index in [-0.39, 0.29) is 11.9 Å². The second kappa shape index (κ2) is 6.11. The lowest BCUT2D eigenvalue weighted by molar-refractivity contribution is -0.132. The van der Waals surface area contributed by atoms with Gasteiger partial charge in [0.2, 0.25) is 5.91 Å². The predicted octanol–water partition coefficient (Wildman–Crippen LogP) is 2.23. The summed E-state index contributed by atoms with van der Waals surface area (Å²) in [4.78, 5) is 19.5. The third-order valence-corrected chi connectivity index (χ3v) is 4.79. The topological polar surface area (TPSA) is 56.0 Å². The predicted molar refractivity (Wildman–Crippen MR) is 91.4 cm³/mol. The number of nitrogens with zero attached hydrogens (tertiary/aromatic N) is 5. The van der Waals surface area contributed by atoms with Crippen LogP contribution in [0.15, 0.2) is 42.7 Å². The van der Waals surface area contributed by atoms with E-state index >= 15 is 0 Å². The lowest BCUT2D eigenvalue weighted by Crippen LogP contribution is -2.40. The summed E-state index contributed by atoms with van der Waals surface area (Å²) < 4.78 is 3.93. The molecule has 1 saturated heterocycles. The minimum absolute atomic E-state index is 0.163. The Morgan fingerprint density at radius 1 is 1.29 bits per heavy atom. The van der Waals surface area contributed by atoms with Gasteiger partial charge in [-0.2, -0.15) is 5.10 Å². The third kappa shape index (κ3) is 2.68. The van der Waals surface area contributed by atoms with Crippen LogP contribution in [0.5, 0.6) is 0 Å². The van der Waals surface area contributed by atoms with Crippen LogP contribution in [-0.4, -0.2) is 42.7 Å². The zero-order valence-corrected chi connectivity index (χ0v) is 13.8. The molecule has 1 aliphatic heterocycles. The van der Waals surface area contributed by atoms with E-state index in [2.05, 4.69) is 10.1 Å². The molecule has 0 N–H and O–H groups in total. The maximum absolute atomic E-state index is 12.9. The SMILES string of the molecule is Cc1nc2ccccc2n1CC(=O)N1CCCC1Cn1cccn1. The van der Waals surface area contributed by atoms with Crippen molar-refractivity contribution in [2.24, 2.45) is 0 Å². The van der Waals surface area contributed by atoms with Crippen LogP contribution >= 0.6 is 0 Å². The number of amides is 1. The van der Waals surface area contributed by atoms with Gasteiger partial charge >= 0.3 is 0 Å². The molecule has 0 aliphatic carbocycles. The van der Waals surface area contributed by atoms with Crippen LogP contribution in [0.1, 0.15) is 18.7 Å². The highest BCUT2D eigenvalue weighted by Crippen LogP contribution is 2.21. The fourth-order valence-electron chi connectivity index (χ4n) is 3.60. The van der Waals surface area contributed by atoms with Crippen LogP contribution in [0.2, 0.25) is 0 Å². The molecule has 0 saturated carbocycles. The molecular weight excluding hydrogens is 302 g/mol. The van der Waals surface area contributed by atoms with Gasteiger partial charge < -0.3 is 9.47 Å². The van der Waals surface area contributed by atoms with Crippen molar-refractivity contribution >= 4 is 16.9 Å². The van der Waals surface area contributed by atoms with E-state index in [0.717, 1.165) is 42.8 Å². The highest BCUT2D eigenvalue weighted by Gasteiger charge is 2.29. The third-order valence-electron chi connectivity index (χ3n) is 4.79. The number of rotatable bonds is 4. The fraction of sp³-hybridized carbons (Fsp3) is 0.389. The minimum atomic E-state index is 0.163. The molecule has 24 heavy (non-hydrogen) atoms. The number of hydrogen-bond donors (Lipinski definition) is 0. The van der Waals surface area contributed by atoms with E-state index < -0.39 is 0 Å². The first-order valence-corrected chi connectivity index (χ1v) is 8.41. The van der Waals surface area contributed by atoms with Gasteiger partial charge in [0, 0.05) is 18.9 Å². The molecule has 1 amide bonds. The van der Waals surface area contributed by atoms with Gasteiger partial charge in [0.15, 0.2) is 0 Å². The minimum Gasteiger partial charge on any atom is -0.336 e. The van der Waals surface area contributed by atoms with Gasteiger partial charge in [-0.15, -0.1) is 0 Å². The van der Waals surface area contributed by atoms with Gasteiger partial charge in [-0.25, -0.2) is 4.98 Å². The second-order valence-electron chi connectivity index (χ2n) is 6.35. The molecule has 1 unspecified atom stereocenters. The monoisotopic (exact) mass is 323 g/mol. The molecule has 1 fully saturated rings. The Kier molecular flexibility index (Phi) is 3.80. The Balaban J connectivity index is 1.53. The van der Waals surface area contributed by atoms with Crippen molar-refractivity contribution < 1.29 is 4.79 Å². The number of fused-ring (bicyclic) bond motifs is 1. The molecular formula is C18H21N5O. The number of likely N-dealkylation sites (tertiary alicyclic amines) is 1. The lowest BCUT2D eigenvalue weighted by Gasteiger charge is -2.25. The van der Waals surface area contributed by atoms with Gasteiger partial charge in [0.25, 0.3) is 0 Å². The molecule has 1 aliphatic rings. The summed E-state index contributed by atoms with van der Waals surface area (Å²) >= 11 is 0. The van der Waals surface area contributed by atoms with Gasteiger partial charge in [-0.3, -0.25) is 9.48 Å². The van der Waals surface area contributed by atoms with E-state index in [1.807, 2.05) is 57.6 Å². The van der Waals surface area contributed by atoms with E-state index in [1.54, 1.807) is 6.20 Å². The van der Waals surface area contributed by atoms with Crippen LogP contribution in [0.3, 0.4) is 0 Å². The molecule has 4 rings (SSSR count). The molecule has 124 valence electrons. The Labute approximate surface area is 140 Å². The average Bonchev–Trinajstić information content (AvgIpc) is 3.30. The van der Waals surface area contributed by atoms with Crippen molar-refractivity contribution in [1.82, 2.24) is 24.2 Å². The van der Waals surface area contributed by atoms with Gasteiger partial charge in [0.1, 0.15) is 12.4 Å². The van der Waals surface area contributed by atoms with Crippen LogP contribution < -0.4 is 0 Å². The number of carbonyl (C=O) groups excluding carboxylic acids is 1. The molecule has 6 heteroatoms. The number of carbonyl (C=O) groups is 1. The molecule has 3 heterocycles. The molecule has 3 aromatic rings. The maximum Gasteiger partial charge on any atom is 0.242 e. The molecule has 1 atom stereocenters. The smallest absolute Gasteiger partial charge is 0.242 e. The number of benzene rings is 1. The summed E-state index contributed by atoms with van der Waals surface area (Å²) in [5.41, 5.74) is 1.96. The van der Waals surface area contributed by atoms with Crippen molar-refractivity contribution in [3.05, 3.63) is 48.5 Å². The zero-order valence-electron chi connectivity index (χ0n) is 13.8. The summed E-state index contributed by atoms with van der Waals surface area (Å²) in [5.74, 6) is 1.04. The summed E-state index contributed by atoms with van der Waals surface area (Å²) in [6, 6.07) is 10.1. The first kappa shape index (κ1) is 14.9. The summed E-state index contributed by atoms with van der Waals surface area (Å²) in [5, 5.41) is 4.27. The Bertz CT molecular complexity index is 852. The summed E-state index contributed by atoms with van der Waals surface area (Å²) in [6.45, 7) is 3.90.